The van der Waals surface area contributed by atoms with E-state index in [0.717, 1.165) is 17.7 Å². The van der Waals surface area contributed by atoms with Gasteiger partial charge in [-0.25, -0.2) is 8.78 Å². The molecule has 0 spiro atoms. The molecule has 0 aliphatic heterocycles. The fraction of sp³-hybridized carbons (Fsp3) is 0. The second-order valence-corrected chi connectivity index (χ2v) is 4.14. The minimum absolute atomic E-state index is 0.0722. The van der Waals surface area contributed by atoms with Crippen molar-refractivity contribution in [1.82, 2.24) is 10.4 Å². The van der Waals surface area contributed by atoms with Crippen molar-refractivity contribution in [3.63, 3.8) is 0 Å². The van der Waals surface area contributed by atoms with E-state index in [1.807, 2.05) is 0 Å². The summed E-state index contributed by atoms with van der Waals surface area (Å²) in [6, 6.07) is 6.69. The maximum absolute atomic E-state index is 13.4. The Labute approximate surface area is 119 Å². The Morgan fingerprint density at radius 2 is 1.95 bits per heavy atom. The van der Waals surface area contributed by atoms with Crippen LogP contribution < -0.4 is 10.7 Å². The standard InChI is InChI=1S/C13H10F2N4S/c14-10-1-2-12(11(15)7-10)18-13(20)19-17-8-9-3-5-16-6-4-9/h1-8H,(H2,18,19,20)/b17-8-. The van der Waals surface area contributed by atoms with Crippen molar-refractivity contribution in [2.45, 2.75) is 0 Å². The Morgan fingerprint density at radius 3 is 2.65 bits per heavy atom. The minimum atomic E-state index is -0.729. The summed E-state index contributed by atoms with van der Waals surface area (Å²) in [6.45, 7) is 0. The highest BCUT2D eigenvalue weighted by Gasteiger charge is 2.04. The van der Waals surface area contributed by atoms with Gasteiger partial charge in [0.2, 0.25) is 0 Å². The molecule has 0 atom stereocenters. The second kappa shape index (κ2) is 6.67. The molecule has 0 unspecified atom stereocenters. The van der Waals surface area contributed by atoms with E-state index >= 15 is 0 Å². The van der Waals surface area contributed by atoms with E-state index in [2.05, 4.69) is 20.8 Å². The monoisotopic (exact) mass is 292 g/mol. The van der Waals surface area contributed by atoms with Crippen LogP contribution in [0.4, 0.5) is 14.5 Å². The molecule has 7 heteroatoms. The molecule has 0 radical (unpaired) electrons. The molecule has 1 aromatic carbocycles. The first-order valence-electron chi connectivity index (χ1n) is 5.60. The summed E-state index contributed by atoms with van der Waals surface area (Å²) in [7, 11) is 0. The van der Waals surface area contributed by atoms with Gasteiger partial charge in [0, 0.05) is 18.5 Å². The molecule has 2 aromatic rings. The van der Waals surface area contributed by atoms with Crippen molar-refractivity contribution in [1.29, 1.82) is 0 Å². The van der Waals surface area contributed by atoms with Crippen LogP contribution in [-0.4, -0.2) is 16.3 Å². The van der Waals surface area contributed by atoms with Gasteiger partial charge in [-0.3, -0.25) is 10.4 Å². The lowest BCUT2D eigenvalue weighted by molar-refractivity contribution is 0.586. The van der Waals surface area contributed by atoms with Crippen LogP contribution in [0.1, 0.15) is 5.56 Å². The van der Waals surface area contributed by atoms with Crippen LogP contribution in [-0.2, 0) is 0 Å². The molecule has 0 aliphatic carbocycles. The van der Waals surface area contributed by atoms with Crippen molar-refractivity contribution in [3.8, 4) is 0 Å². The highest BCUT2D eigenvalue weighted by atomic mass is 32.1. The van der Waals surface area contributed by atoms with Gasteiger partial charge in [-0.15, -0.1) is 0 Å². The molecule has 0 fully saturated rings. The number of thiocarbonyl (C=S) groups is 1. The van der Waals surface area contributed by atoms with E-state index in [9.17, 15) is 8.78 Å². The van der Waals surface area contributed by atoms with Crippen LogP contribution in [0.25, 0.3) is 0 Å². The Morgan fingerprint density at radius 1 is 1.20 bits per heavy atom. The number of hydrazone groups is 1. The molecule has 0 aliphatic rings. The molecule has 4 nitrogen and oxygen atoms in total. The summed E-state index contributed by atoms with van der Waals surface area (Å²) in [6.07, 6.45) is 4.80. The summed E-state index contributed by atoms with van der Waals surface area (Å²) in [4.78, 5) is 3.87. The van der Waals surface area contributed by atoms with Crippen LogP contribution in [0.3, 0.4) is 0 Å². The molecular weight excluding hydrogens is 282 g/mol. The average Bonchev–Trinajstić information content (AvgIpc) is 2.43. The van der Waals surface area contributed by atoms with Gasteiger partial charge in [-0.2, -0.15) is 5.10 Å². The number of aromatic nitrogens is 1. The summed E-state index contributed by atoms with van der Waals surface area (Å²) in [5, 5.41) is 6.56. The van der Waals surface area contributed by atoms with Gasteiger partial charge in [-0.05, 0) is 42.0 Å². The van der Waals surface area contributed by atoms with Crippen molar-refractivity contribution in [3.05, 3.63) is 59.9 Å². The van der Waals surface area contributed by atoms with Crippen molar-refractivity contribution in [2.24, 2.45) is 5.10 Å². The molecule has 2 N–H and O–H groups in total. The lowest BCUT2D eigenvalue weighted by atomic mass is 10.3. The van der Waals surface area contributed by atoms with Crippen LogP contribution in [0.15, 0.2) is 47.8 Å². The number of halogens is 2. The second-order valence-electron chi connectivity index (χ2n) is 3.73. The topological polar surface area (TPSA) is 49.3 Å². The number of pyridine rings is 1. The van der Waals surface area contributed by atoms with E-state index in [1.165, 1.54) is 12.3 Å². The molecule has 20 heavy (non-hydrogen) atoms. The molecule has 0 bridgehead atoms. The van der Waals surface area contributed by atoms with Crippen LogP contribution in [0.5, 0.6) is 0 Å². The molecule has 0 saturated carbocycles. The number of nitrogens with one attached hydrogen (secondary N) is 2. The normalized spacial score (nSPS) is 10.5. The number of benzene rings is 1. The fourth-order valence-corrected chi connectivity index (χ4v) is 1.52. The smallest absolute Gasteiger partial charge is 0.191 e. The third-order valence-electron chi connectivity index (χ3n) is 2.27. The molecule has 2 rings (SSSR count). The van der Waals surface area contributed by atoms with Gasteiger partial charge < -0.3 is 5.32 Å². The van der Waals surface area contributed by atoms with Crippen molar-refractivity contribution >= 4 is 29.2 Å². The van der Waals surface area contributed by atoms with Gasteiger partial charge in [0.25, 0.3) is 0 Å². The van der Waals surface area contributed by atoms with Crippen LogP contribution in [0.2, 0.25) is 0 Å². The van der Waals surface area contributed by atoms with Crippen molar-refractivity contribution in [2.75, 3.05) is 5.32 Å². The number of hydrogen-bond acceptors (Lipinski definition) is 3. The Hall–Kier alpha value is -2.41. The molecular formula is C13H10F2N4S. The quantitative estimate of drug-likeness (QED) is 0.519. The number of hydrogen-bond donors (Lipinski definition) is 2. The van der Waals surface area contributed by atoms with E-state index in [4.69, 9.17) is 12.2 Å². The third-order valence-corrected chi connectivity index (χ3v) is 2.46. The summed E-state index contributed by atoms with van der Waals surface area (Å²) < 4.78 is 26.1. The van der Waals surface area contributed by atoms with E-state index in [1.54, 1.807) is 24.5 Å². The molecule has 102 valence electrons. The van der Waals surface area contributed by atoms with Gasteiger partial charge in [0.05, 0.1) is 11.9 Å². The Balaban J connectivity index is 1.91. The summed E-state index contributed by atoms with van der Waals surface area (Å²) in [5.74, 6) is -1.38. The first kappa shape index (κ1) is 14.0. The minimum Gasteiger partial charge on any atom is -0.329 e. The first-order chi connectivity index (χ1) is 9.65. The SMILES string of the molecule is Fc1ccc(NC(=S)N/N=C\c2ccncc2)c(F)c1. The molecule has 0 amide bonds. The zero-order chi connectivity index (χ0) is 14.4. The Bertz CT molecular complexity index is 632. The van der Waals surface area contributed by atoms with Crippen LogP contribution in [0, 0.1) is 11.6 Å². The van der Waals surface area contributed by atoms with Crippen molar-refractivity contribution < 1.29 is 8.78 Å². The summed E-state index contributed by atoms with van der Waals surface area (Å²) >= 11 is 4.94. The number of rotatable bonds is 3. The van der Waals surface area contributed by atoms with Gasteiger partial charge in [0.15, 0.2) is 5.11 Å². The fourth-order valence-electron chi connectivity index (χ4n) is 1.36. The number of nitrogens with zero attached hydrogens (tertiary/aromatic N) is 2. The lowest BCUT2D eigenvalue weighted by Crippen LogP contribution is -2.24. The molecule has 1 heterocycles. The highest BCUT2D eigenvalue weighted by Crippen LogP contribution is 2.14. The van der Waals surface area contributed by atoms with E-state index < -0.39 is 11.6 Å². The summed E-state index contributed by atoms with van der Waals surface area (Å²) in [5.41, 5.74) is 3.44. The lowest BCUT2D eigenvalue weighted by Gasteiger charge is -2.07. The molecule has 0 saturated heterocycles. The van der Waals surface area contributed by atoms with Crippen LogP contribution >= 0.6 is 12.2 Å². The first-order valence-corrected chi connectivity index (χ1v) is 6.01. The Kier molecular flexibility index (Phi) is 4.67. The molecule has 1 aromatic heterocycles. The van der Waals surface area contributed by atoms with E-state index in [-0.39, 0.29) is 10.8 Å². The van der Waals surface area contributed by atoms with Gasteiger partial charge in [0.1, 0.15) is 11.6 Å². The zero-order valence-corrected chi connectivity index (χ0v) is 11.0. The van der Waals surface area contributed by atoms with Gasteiger partial charge >= 0.3 is 0 Å². The third kappa shape index (κ3) is 4.06. The predicted molar refractivity (Wildman–Crippen MR) is 77.5 cm³/mol. The largest absolute Gasteiger partial charge is 0.329 e. The predicted octanol–water partition coefficient (Wildman–Crippen LogP) is 2.68. The van der Waals surface area contributed by atoms with E-state index in [0.29, 0.717) is 0 Å². The number of anilines is 1. The maximum Gasteiger partial charge on any atom is 0.191 e. The zero-order valence-electron chi connectivity index (χ0n) is 10.2. The van der Waals surface area contributed by atoms with Gasteiger partial charge in [-0.1, -0.05) is 0 Å². The highest BCUT2D eigenvalue weighted by molar-refractivity contribution is 7.80. The maximum atomic E-state index is 13.4. The average molecular weight is 292 g/mol.